The fourth-order valence-corrected chi connectivity index (χ4v) is 3.14. The van der Waals surface area contributed by atoms with Gasteiger partial charge in [0.05, 0.1) is 0 Å². The van der Waals surface area contributed by atoms with Crippen LogP contribution in [0.1, 0.15) is 59.3 Å². The smallest absolute Gasteiger partial charge is 0.0302 e. The predicted octanol–water partition coefficient (Wildman–Crippen LogP) is 3.28. The maximum atomic E-state index is 3.76. The monoisotopic (exact) mass is 240 g/mol. The second-order valence-corrected chi connectivity index (χ2v) is 6.34. The zero-order chi connectivity index (χ0) is 12.9. The summed E-state index contributed by atoms with van der Waals surface area (Å²) in [6.07, 6.45) is 8.56. The Bertz CT molecular complexity index is 203. The quantitative estimate of drug-likeness (QED) is 0.742. The standard InChI is InChI=1S/C15H32N2/c1-6-16-14(15(2,3)17(4)5)13-11-9-7-8-10-12-13/h13-14,16H,6-12H2,1-5H3. The largest absolute Gasteiger partial charge is 0.312 e. The summed E-state index contributed by atoms with van der Waals surface area (Å²) in [6.45, 7) is 8.07. The minimum Gasteiger partial charge on any atom is -0.312 e. The lowest BCUT2D eigenvalue weighted by atomic mass is 9.79. The lowest BCUT2D eigenvalue weighted by Gasteiger charge is -2.44. The van der Waals surface area contributed by atoms with E-state index < -0.39 is 0 Å². The minimum atomic E-state index is 0.241. The van der Waals surface area contributed by atoms with Crippen LogP contribution in [0.5, 0.6) is 0 Å². The third-order valence-corrected chi connectivity index (χ3v) is 4.71. The molecule has 102 valence electrons. The van der Waals surface area contributed by atoms with Crippen molar-refractivity contribution in [2.75, 3.05) is 20.6 Å². The molecule has 2 nitrogen and oxygen atoms in total. The van der Waals surface area contributed by atoms with E-state index in [1.54, 1.807) is 0 Å². The second kappa shape index (κ2) is 6.75. The zero-order valence-electron chi connectivity index (χ0n) is 12.6. The normalized spacial score (nSPS) is 21.5. The molecule has 0 aliphatic heterocycles. The fourth-order valence-electron chi connectivity index (χ4n) is 3.14. The van der Waals surface area contributed by atoms with E-state index in [-0.39, 0.29) is 5.54 Å². The molecule has 0 amide bonds. The van der Waals surface area contributed by atoms with Gasteiger partial charge in [-0.15, -0.1) is 0 Å². The molecule has 0 saturated heterocycles. The summed E-state index contributed by atoms with van der Waals surface area (Å²) in [5, 5.41) is 3.76. The van der Waals surface area contributed by atoms with Crippen LogP contribution in [0.3, 0.4) is 0 Å². The summed E-state index contributed by atoms with van der Waals surface area (Å²) < 4.78 is 0. The predicted molar refractivity (Wildman–Crippen MR) is 76.4 cm³/mol. The van der Waals surface area contributed by atoms with Gasteiger partial charge in [0.15, 0.2) is 0 Å². The first-order valence-corrected chi connectivity index (χ1v) is 7.41. The molecule has 0 bridgehead atoms. The van der Waals surface area contributed by atoms with E-state index >= 15 is 0 Å². The van der Waals surface area contributed by atoms with Crippen LogP contribution in [-0.4, -0.2) is 37.1 Å². The van der Waals surface area contributed by atoms with Crippen LogP contribution in [0.2, 0.25) is 0 Å². The Morgan fingerprint density at radius 3 is 2.06 bits per heavy atom. The summed E-state index contributed by atoms with van der Waals surface area (Å²) in [5.74, 6) is 0.856. The molecular formula is C15H32N2. The third-order valence-electron chi connectivity index (χ3n) is 4.71. The minimum absolute atomic E-state index is 0.241. The van der Waals surface area contributed by atoms with E-state index in [0.717, 1.165) is 12.5 Å². The van der Waals surface area contributed by atoms with Crippen molar-refractivity contribution < 1.29 is 0 Å². The second-order valence-electron chi connectivity index (χ2n) is 6.34. The molecule has 0 radical (unpaired) electrons. The first kappa shape index (κ1) is 15.0. The molecule has 0 aromatic carbocycles. The highest BCUT2D eigenvalue weighted by atomic mass is 15.2. The SMILES string of the molecule is CCNC(C1CCCCCC1)C(C)(C)N(C)C. The van der Waals surface area contributed by atoms with Crippen LogP contribution in [0.4, 0.5) is 0 Å². The highest BCUT2D eigenvalue weighted by molar-refractivity contribution is 4.95. The van der Waals surface area contributed by atoms with Gasteiger partial charge in [-0.1, -0.05) is 32.6 Å². The molecule has 0 aromatic rings. The lowest BCUT2D eigenvalue weighted by molar-refractivity contribution is 0.0966. The Labute approximate surface area is 108 Å². The van der Waals surface area contributed by atoms with E-state index in [4.69, 9.17) is 0 Å². The van der Waals surface area contributed by atoms with Gasteiger partial charge in [-0.3, -0.25) is 0 Å². The maximum absolute atomic E-state index is 3.76. The van der Waals surface area contributed by atoms with E-state index in [2.05, 4.69) is 45.1 Å². The van der Waals surface area contributed by atoms with Crippen LogP contribution in [0.15, 0.2) is 0 Å². The molecule has 17 heavy (non-hydrogen) atoms. The average Bonchev–Trinajstić information content (AvgIpc) is 2.53. The Morgan fingerprint density at radius 1 is 1.12 bits per heavy atom. The third kappa shape index (κ3) is 3.96. The van der Waals surface area contributed by atoms with Gasteiger partial charge >= 0.3 is 0 Å². The molecule has 1 aliphatic rings. The fraction of sp³-hybridized carbons (Fsp3) is 1.00. The molecule has 1 rings (SSSR count). The molecular weight excluding hydrogens is 208 g/mol. The molecule has 1 N–H and O–H groups in total. The molecule has 1 saturated carbocycles. The molecule has 1 fully saturated rings. The highest BCUT2D eigenvalue weighted by Crippen LogP contribution is 2.32. The summed E-state index contributed by atoms with van der Waals surface area (Å²) in [5.41, 5.74) is 0.241. The van der Waals surface area contributed by atoms with Gasteiger partial charge in [0.1, 0.15) is 0 Å². The molecule has 1 unspecified atom stereocenters. The number of nitrogens with one attached hydrogen (secondary N) is 1. The first-order valence-electron chi connectivity index (χ1n) is 7.41. The van der Waals surface area contributed by atoms with Crippen molar-refractivity contribution in [1.29, 1.82) is 0 Å². The molecule has 0 spiro atoms. The van der Waals surface area contributed by atoms with Gasteiger partial charge in [-0.2, -0.15) is 0 Å². The average molecular weight is 240 g/mol. The van der Waals surface area contributed by atoms with Gasteiger partial charge in [-0.25, -0.2) is 0 Å². The molecule has 1 aliphatic carbocycles. The molecule has 1 atom stereocenters. The maximum Gasteiger partial charge on any atom is 0.0302 e. The van der Waals surface area contributed by atoms with Gasteiger partial charge < -0.3 is 10.2 Å². The molecule has 2 heteroatoms. The van der Waals surface area contributed by atoms with E-state index in [9.17, 15) is 0 Å². The highest BCUT2D eigenvalue weighted by Gasteiger charge is 2.36. The van der Waals surface area contributed by atoms with Crippen molar-refractivity contribution in [3.8, 4) is 0 Å². The van der Waals surface area contributed by atoms with Crippen LogP contribution in [0.25, 0.3) is 0 Å². The summed E-state index contributed by atoms with van der Waals surface area (Å²) in [7, 11) is 4.42. The zero-order valence-corrected chi connectivity index (χ0v) is 12.6. The summed E-state index contributed by atoms with van der Waals surface area (Å²) in [6, 6.07) is 0.626. The van der Waals surface area contributed by atoms with Crippen molar-refractivity contribution in [2.45, 2.75) is 70.9 Å². The van der Waals surface area contributed by atoms with Crippen LogP contribution in [-0.2, 0) is 0 Å². The number of hydrogen-bond acceptors (Lipinski definition) is 2. The summed E-state index contributed by atoms with van der Waals surface area (Å²) >= 11 is 0. The van der Waals surface area contributed by atoms with Crippen molar-refractivity contribution in [1.82, 2.24) is 10.2 Å². The molecule has 0 aromatic heterocycles. The van der Waals surface area contributed by atoms with Crippen molar-refractivity contribution in [3.63, 3.8) is 0 Å². The van der Waals surface area contributed by atoms with Gasteiger partial charge in [0.2, 0.25) is 0 Å². The van der Waals surface area contributed by atoms with Crippen LogP contribution < -0.4 is 5.32 Å². The molecule has 0 heterocycles. The van der Waals surface area contributed by atoms with Gasteiger partial charge in [0.25, 0.3) is 0 Å². The van der Waals surface area contributed by atoms with Gasteiger partial charge in [0, 0.05) is 11.6 Å². The van der Waals surface area contributed by atoms with Gasteiger partial charge in [-0.05, 0) is 53.2 Å². The Morgan fingerprint density at radius 2 is 1.65 bits per heavy atom. The van der Waals surface area contributed by atoms with E-state index in [1.807, 2.05) is 0 Å². The first-order chi connectivity index (χ1) is 8.00. The van der Waals surface area contributed by atoms with E-state index in [1.165, 1.54) is 38.5 Å². The van der Waals surface area contributed by atoms with Crippen molar-refractivity contribution >= 4 is 0 Å². The number of nitrogens with zero attached hydrogens (tertiary/aromatic N) is 1. The number of hydrogen-bond donors (Lipinski definition) is 1. The topological polar surface area (TPSA) is 15.3 Å². The Balaban J connectivity index is 2.75. The van der Waals surface area contributed by atoms with Crippen molar-refractivity contribution in [3.05, 3.63) is 0 Å². The van der Waals surface area contributed by atoms with Crippen molar-refractivity contribution in [2.24, 2.45) is 5.92 Å². The Kier molecular flexibility index (Phi) is 5.94. The summed E-state index contributed by atoms with van der Waals surface area (Å²) in [4.78, 5) is 2.38. The van der Waals surface area contributed by atoms with E-state index in [0.29, 0.717) is 6.04 Å². The lowest BCUT2D eigenvalue weighted by Crippen LogP contribution is -2.58. The van der Waals surface area contributed by atoms with Crippen LogP contribution in [0, 0.1) is 5.92 Å². The Hall–Kier alpha value is -0.0800. The number of rotatable bonds is 5. The number of likely N-dealkylation sites (N-methyl/N-ethyl adjacent to an activating group) is 2. The van der Waals surface area contributed by atoms with Crippen LogP contribution >= 0.6 is 0 Å².